The molecule has 0 saturated carbocycles. The summed E-state index contributed by atoms with van der Waals surface area (Å²) in [4.78, 5) is 0. The molecule has 0 unspecified atom stereocenters. The van der Waals surface area contributed by atoms with Crippen LogP contribution in [-0.4, -0.2) is 82.7 Å². The molecule has 0 aliphatic carbocycles. The molecule has 4 nitrogen and oxygen atoms in total. The number of aliphatic hydroxyl groups is 2. The molecule has 0 aromatic heterocycles. The van der Waals surface area contributed by atoms with Crippen LogP contribution >= 0.6 is 23.5 Å². The molecule has 2 N–H and O–H groups in total. The van der Waals surface area contributed by atoms with E-state index in [4.69, 9.17) is 10.2 Å². The molecule has 15 heavy (non-hydrogen) atoms. The van der Waals surface area contributed by atoms with Crippen molar-refractivity contribution in [3.63, 3.8) is 0 Å². The minimum atomic E-state index is -0.0370. The molecule has 0 radical (unpaired) electrons. The minimum Gasteiger partial charge on any atom is -0.854 e. The predicted octanol–water partition coefficient (Wildman–Crippen LogP) is -2.24. The van der Waals surface area contributed by atoms with Crippen LogP contribution in [0.4, 0.5) is 0 Å². The number of hydrogen-bond donors (Lipinski definition) is 2. The molecule has 0 aromatic rings. The zero-order valence-electron chi connectivity index (χ0n) is 8.89. The Morgan fingerprint density at radius 1 is 0.733 bits per heavy atom. The summed E-state index contributed by atoms with van der Waals surface area (Å²) < 4.78 is 0. The van der Waals surface area contributed by atoms with Crippen LogP contribution in [0.15, 0.2) is 0 Å². The molecular formula is C8H18MgO4S2. The van der Waals surface area contributed by atoms with Crippen LogP contribution < -0.4 is 10.2 Å². The Morgan fingerprint density at radius 2 is 1.07 bits per heavy atom. The first-order chi connectivity index (χ1) is 6.83. The van der Waals surface area contributed by atoms with Crippen molar-refractivity contribution in [1.29, 1.82) is 0 Å². The maximum absolute atomic E-state index is 9.70. The molecule has 0 aliphatic rings. The number of rotatable bonds is 8. The van der Waals surface area contributed by atoms with Crippen molar-refractivity contribution in [3.8, 4) is 0 Å². The molecule has 0 rings (SSSR count). The largest absolute Gasteiger partial charge is 2.00 e. The normalized spacial score (nSPS) is 8.80. The van der Waals surface area contributed by atoms with Gasteiger partial charge in [-0.25, -0.2) is 0 Å². The third-order valence-electron chi connectivity index (χ3n) is 0.927. The van der Waals surface area contributed by atoms with Crippen molar-refractivity contribution >= 4 is 46.6 Å². The van der Waals surface area contributed by atoms with Gasteiger partial charge in [-0.05, 0) is 11.5 Å². The van der Waals surface area contributed by atoms with Crippen LogP contribution in [0.25, 0.3) is 0 Å². The SMILES string of the molecule is [Mg+2].[O-]CCSCCO.[O-]CCSCCO. The Kier molecular flexibility index (Phi) is 35.3. The standard InChI is InChI=1S/2C4H9O2S.Mg/c2*5-1-3-7-4-2-6;/h2*5H,1-4H2;/q2*-1;+2. The summed E-state index contributed by atoms with van der Waals surface area (Å²) in [6.45, 7) is 0.296. The monoisotopic (exact) mass is 266 g/mol. The summed E-state index contributed by atoms with van der Waals surface area (Å²) in [6.07, 6.45) is 0. The number of aliphatic hydroxyl groups excluding tert-OH is 2. The average Bonchev–Trinajstić information content (AvgIpc) is 2.21. The Morgan fingerprint density at radius 3 is 1.27 bits per heavy atom. The minimum absolute atomic E-state index is 0. The Hall–Kier alpha value is 1.31. The number of hydrogen-bond acceptors (Lipinski definition) is 6. The van der Waals surface area contributed by atoms with Crippen molar-refractivity contribution in [1.82, 2.24) is 0 Å². The fourth-order valence-electron chi connectivity index (χ4n) is 0.451. The van der Waals surface area contributed by atoms with E-state index in [0.29, 0.717) is 23.0 Å². The van der Waals surface area contributed by atoms with E-state index in [1.54, 1.807) is 0 Å². The third kappa shape index (κ3) is 31.3. The molecule has 0 aromatic carbocycles. The molecule has 0 atom stereocenters. The summed E-state index contributed by atoms with van der Waals surface area (Å²) in [6, 6.07) is 0. The first-order valence-electron chi connectivity index (χ1n) is 4.36. The van der Waals surface area contributed by atoms with Crippen molar-refractivity contribution in [2.45, 2.75) is 0 Å². The fourth-order valence-corrected chi connectivity index (χ4v) is 1.35. The van der Waals surface area contributed by atoms with Gasteiger partial charge in [-0.1, -0.05) is 0 Å². The van der Waals surface area contributed by atoms with Gasteiger partial charge in [0.05, 0.1) is 13.2 Å². The molecule has 88 valence electrons. The van der Waals surface area contributed by atoms with Gasteiger partial charge in [0.25, 0.3) is 0 Å². The van der Waals surface area contributed by atoms with E-state index in [0.717, 1.165) is 0 Å². The van der Waals surface area contributed by atoms with Crippen LogP contribution in [0, 0.1) is 0 Å². The molecule has 0 saturated heterocycles. The van der Waals surface area contributed by atoms with Crippen molar-refractivity contribution in [2.75, 3.05) is 49.4 Å². The fraction of sp³-hybridized carbons (Fsp3) is 1.00. The van der Waals surface area contributed by atoms with Crippen LogP contribution in [0.5, 0.6) is 0 Å². The maximum Gasteiger partial charge on any atom is 2.00 e. The van der Waals surface area contributed by atoms with Crippen LogP contribution in [0.2, 0.25) is 0 Å². The molecule has 0 bridgehead atoms. The van der Waals surface area contributed by atoms with Crippen LogP contribution in [0.3, 0.4) is 0 Å². The van der Waals surface area contributed by atoms with Gasteiger partial charge in [-0.15, -0.1) is 13.2 Å². The second kappa shape index (κ2) is 24.5. The van der Waals surface area contributed by atoms with Gasteiger partial charge in [0.15, 0.2) is 0 Å². The Balaban J connectivity index is -0.000000180. The van der Waals surface area contributed by atoms with E-state index >= 15 is 0 Å². The van der Waals surface area contributed by atoms with E-state index in [9.17, 15) is 10.2 Å². The molecule has 0 fully saturated rings. The zero-order valence-corrected chi connectivity index (χ0v) is 11.9. The summed E-state index contributed by atoms with van der Waals surface area (Å²) >= 11 is 2.98. The van der Waals surface area contributed by atoms with E-state index in [1.165, 1.54) is 23.5 Å². The molecule has 0 spiro atoms. The Bertz CT molecular complexity index is 73.0. The van der Waals surface area contributed by atoms with Crippen molar-refractivity contribution < 1.29 is 20.4 Å². The van der Waals surface area contributed by atoms with Crippen molar-refractivity contribution in [2.24, 2.45) is 0 Å². The first kappa shape index (κ1) is 21.6. The number of thioether (sulfide) groups is 2. The second-order valence-electron chi connectivity index (χ2n) is 2.08. The van der Waals surface area contributed by atoms with Gasteiger partial charge >= 0.3 is 23.1 Å². The van der Waals surface area contributed by atoms with Gasteiger partial charge in [0.1, 0.15) is 0 Å². The molecule has 0 heterocycles. The van der Waals surface area contributed by atoms with E-state index in [2.05, 4.69) is 0 Å². The molecule has 0 aliphatic heterocycles. The van der Waals surface area contributed by atoms with Crippen molar-refractivity contribution in [3.05, 3.63) is 0 Å². The predicted molar refractivity (Wildman–Crippen MR) is 64.3 cm³/mol. The molecule has 7 heteroatoms. The van der Waals surface area contributed by atoms with Gasteiger partial charge in [0, 0.05) is 11.5 Å². The molecule has 0 amide bonds. The quantitative estimate of drug-likeness (QED) is 0.382. The van der Waals surface area contributed by atoms with Gasteiger partial charge < -0.3 is 20.4 Å². The topological polar surface area (TPSA) is 86.6 Å². The Labute approximate surface area is 116 Å². The van der Waals surface area contributed by atoms with E-state index < -0.39 is 0 Å². The summed E-state index contributed by atoms with van der Waals surface area (Å²) in [7, 11) is 0. The van der Waals surface area contributed by atoms with Gasteiger partial charge in [0.2, 0.25) is 0 Å². The summed E-state index contributed by atoms with van der Waals surface area (Å²) in [5.74, 6) is 2.64. The van der Waals surface area contributed by atoms with Crippen LogP contribution in [0.1, 0.15) is 0 Å². The maximum atomic E-state index is 9.70. The average molecular weight is 267 g/mol. The third-order valence-corrected chi connectivity index (χ3v) is 2.78. The molecular weight excluding hydrogens is 249 g/mol. The van der Waals surface area contributed by atoms with Crippen LogP contribution in [-0.2, 0) is 0 Å². The van der Waals surface area contributed by atoms with Gasteiger partial charge in [-0.2, -0.15) is 23.5 Å². The second-order valence-corrected chi connectivity index (χ2v) is 4.53. The van der Waals surface area contributed by atoms with E-state index in [1.807, 2.05) is 0 Å². The summed E-state index contributed by atoms with van der Waals surface area (Å²) in [5.41, 5.74) is 0. The first-order valence-corrected chi connectivity index (χ1v) is 6.67. The zero-order chi connectivity index (χ0) is 11.1. The van der Waals surface area contributed by atoms with Gasteiger partial charge in [-0.3, -0.25) is 0 Å². The summed E-state index contributed by atoms with van der Waals surface area (Å²) in [5, 5.41) is 35.7. The smallest absolute Gasteiger partial charge is 0.854 e. The van der Waals surface area contributed by atoms with E-state index in [-0.39, 0.29) is 49.5 Å².